The minimum atomic E-state index is -0.839. The Balaban J connectivity index is 2.26. The fraction of sp³-hybridized carbons (Fsp3) is 0.400. The third-order valence-corrected chi connectivity index (χ3v) is 3.45. The minimum Gasteiger partial charge on any atom is -0.465 e. The van der Waals surface area contributed by atoms with Crippen molar-refractivity contribution in [3.05, 3.63) is 48.0 Å². The molecule has 1 aromatic carbocycles. The molecule has 0 bridgehead atoms. The predicted octanol–water partition coefficient (Wildman–Crippen LogP) is 2.62. The molecule has 96 valence electrons. The van der Waals surface area contributed by atoms with Gasteiger partial charge in [0, 0.05) is 0 Å². The van der Waals surface area contributed by atoms with E-state index in [2.05, 4.69) is 6.58 Å². The summed E-state index contributed by atoms with van der Waals surface area (Å²) in [5.74, 6) is -0.325. The number of hydrogen-bond acceptors (Lipinski definition) is 3. The summed E-state index contributed by atoms with van der Waals surface area (Å²) in [4.78, 5) is 12.1. The smallest absolute Gasteiger partial charge is 0.315 e. The van der Waals surface area contributed by atoms with Gasteiger partial charge in [-0.1, -0.05) is 42.5 Å². The van der Waals surface area contributed by atoms with E-state index in [1.807, 2.05) is 30.3 Å². The lowest BCUT2D eigenvalue weighted by Gasteiger charge is -2.44. The summed E-state index contributed by atoms with van der Waals surface area (Å²) < 4.78 is 5.10. The van der Waals surface area contributed by atoms with Crippen LogP contribution in [0.25, 0.3) is 0 Å². The van der Waals surface area contributed by atoms with Gasteiger partial charge in [0.05, 0.1) is 12.7 Å². The van der Waals surface area contributed by atoms with Gasteiger partial charge in [0.15, 0.2) is 0 Å². The van der Waals surface area contributed by atoms with Crippen LogP contribution in [0.4, 0.5) is 0 Å². The van der Waals surface area contributed by atoms with Crippen LogP contribution < -0.4 is 0 Å². The number of allylic oxidation sites excluding steroid dienone is 1. The minimum absolute atomic E-state index is 0.325. The number of benzene rings is 1. The molecule has 0 heterocycles. The third kappa shape index (κ3) is 2.06. The molecule has 2 rings (SSSR count). The van der Waals surface area contributed by atoms with Gasteiger partial charge in [-0.05, 0) is 25.3 Å². The molecule has 0 aliphatic heterocycles. The lowest BCUT2D eigenvalue weighted by atomic mass is 9.61. The van der Waals surface area contributed by atoms with Crippen LogP contribution in [0.5, 0.6) is 0 Å². The predicted molar refractivity (Wildman–Crippen MR) is 68.8 cm³/mol. The summed E-state index contributed by atoms with van der Waals surface area (Å²) in [6.07, 6.45) is 0.173. The third-order valence-electron chi connectivity index (χ3n) is 3.45. The number of esters is 1. The maximum atomic E-state index is 12.1. The van der Waals surface area contributed by atoms with Crippen LogP contribution in [-0.2, 0) is 9.53 Å². The highest BCUT2D eigenvalue weighted by Gasteiger charge is 2.53. The first-order valence-electron chi connectivity index (χ1n) is 6.17. The van der Waals surface area contributed by atoms with E-state index in [1.54, 1.807) is 6.92 Å². The summed E-state index contributed by atoms with van der Waals surface area (Å²) in [5, 5.41) is 10.5. The maximum Gasteiger partial charge on any atom is 0.315 e. The first-order chi connectivity index (χ1) is 8.60. The van der Waals surface area contributed by atoms with Crippen molar-refractivity contribution < 1.29 is 14.6 Å². The molecular formula is C15H18O3. The summed E-state index contributed by atoms with van der Waals surface area (Å²) in [7, 11) is 0. The Morgan fingerprint density at radius 3 is 2.56 bits per heavy atom. The average molecular weight is 246 g/mol. The summed E-state index contributed by atoms with van der Waals surface area (Å²) >= 11 is 0. The van der Waals surface area contributed by atoms with E-state index in [9.17, 15) is 9.90 Å². The first-order valence-corrected chi connectivity index (χ1v) is 6.17. The second-order valence-corrected chi connectivity index (χ2v) is 4.79. The second-order valence-electron chi connectivity index (χ2n) is 4.79. The fourth-order valence-corrected chi connectivity index (χ4v) is 2.52. The van der Waals surface area contributed by atoms with Crippen molar-refractivity contribution in [2.24, 2.45) is 5.41 Å². The zero-order valence-corrected chi connectivity index (χ0v) is 10.6. The Labute approximate surface area is 107 Å². The second kappa shape index (κ2) is 4.94. The van der Waals surface area contributed by atoms with E-state index in [1.165, 1.54) is 0 Å². The largest absolute Gasteiger partial charge is 0.465 e. The van der Waals surface area contributed by atoms with Crippen LogP contribution in [0.1, 0.15) is 31.4 Å². The molecule has 0 saturated heterocycles. The molecule has 0 spiro atoms. The standard InChI is InChI=1S/C15H18O3/c1-3-18-14(17)15(9-11(2)10-15)13(16)12-7-5-4-6-8-12/h4-8,13,16H,2-3,9-10H2,1H3. The SMILES string of the molecule is C=C1CC(C(=O)OCC)(C(O)c2ccccc2)C1. The summed E-state index contributed by atoms with van der Waals surface area (Å²) in [5.41, 5.74) is 0.894. The van der Waals surface area contributed by atoms with Gasteiger partial charge in [0.2, 0.25) is 0 Å². The highest BCUT2D eigenvalue weighted by Crippen LogP contribution is 2.53. The molecule has 1 aliphatic carbocycles. The highest BCUT2D eigenvalue weighted by atomic mass is 16.5. The maximum absolute atomic E-state index is 12.1. The van der Waals surface area contributed by atoms with E-state index in [-0.39, 0.29) is 5.97 Å². The number of aliphatic hydroxyl groups excluding tert-OH is 1. The highest BCUT2D eigenvalue weighted by molar-refractivity contribution is 5.80. The molecule has 1 atom stereocenters. The van der Waals surface area contributed by atoms with Crippen molar-refractivity contribution in [2.75, 3.05) is 6.61 Å². The van der Waals surface area contributed by atoms with Gasteiger partial charge in [0.25, 0.3) is 0 Å². The molecule has 0 aromatic heterocycles. The van der Waals surface area contributed by atoms with Crippen molar-refractivity contribution in [3.8, 4) is 0 Å². The van der Waals surface area contributed by atoms with Gasteiger partial charge in [-0.2, -0.15) is 0 Å². The Hall–Kier alpha value is -1.61. The van der Waals surface area contributed by atoms with E-state index in [0.29, 0.717) is 19.4 Å². The number of aliphatic hydroxyl groups is 1. The van der Waals surface area contributed by atoms with Crippen LogP contribution in [0.15, 0.2) is 42.5 Å². The summed E-state index contributed by atoms with van der Waals surface area (Å²) in [6.45, 7) is 5.96. The van der Waals surface area contributed by atoms with Gasteiger partial charge in [-0.25, -0.2) is 0 Å². The van der Waals surface area contributed by atoms with Crippen LogP contribution in [-0.4, -0.2) is 17.7 Å². The number of carbonyl (C=O) groups excluding carboxylic acids is 1. The molecule has 0 radical (unpaired) electrons. The van der Waals surface area contributed by atoms with E-state index in [4.69, 9.17) is 4.74 Å². The lowest BCUT2D eigenvalue weighted by molar-refractivity contribution is -0.168. The van der Waals surface area contributed by atoms with E-state index in [0.717, 1.165) is 11.1 Å². The molecule has 3 heteroatoms. The Kier molecular flexibility index (Phi) is 3.53. The Bertz CT molecular complexity index is 442. The number of ether oxygens (including phenoxy) is 1. The molecule has 18 heavy (non-hydrogen) atoms. The molecule has 1 aromatic rings. The van der Waals surface area contributed by atoms with Gasteiger partial charge >= 0.3 is 5.97 Å². The fourth-order valence-electron chi connectivity index (χ4n) is 2.52. The molecular weight excluding hydrogens is 228 g/mol. The van der Waals surface area contributed by atoms with Crippen molar-refractivity contribution in [1.82, 2.24) is 0 Å². The number of carbonyl (C=O) groups is 1. The van der Waals surface area contributed by atoms with Gasteiger partial charge in [-0.15, -0.1) is 0 Å². The number of rotatable bonds is 4. The van der Waals surface area contributed by atoms with Crippen LogP contribution in [0, 0.1) is 5.41 Å². The van der Waals surface area contributed by atoms with Crippen LogP contribution >= 0.6 is 0 Å². The zero-order chi connectivity index (χ0) is 13.2. The molecule has 1 N–H and O–H groups in total. The van der Waals surface area contributed by atoms with Crippen molar-refractivity contribution in [3.63, 3.8) is 0 Å². The molecule has 3 nitrogen and oxygen atoms in total. The van der Waals surface area contributed by atoms with E-state index >= 15 is 0 Å². The first kappa shape index (κ1) is 12.8. The Morgan fingerprint density at radius 1 is 1.44 bits per heavy atom. The Morgan fingerprint density at radius 2 is 2.06 bits per heavy atom. The van der Waals surface area contributed by atoms with Crippen LogP contribution in [0.3, 0.4) is 0 Å². The topological polar surface area (TPSA) is 46.5 Å². The normalized spacial score (nSPS) is 18.9. The van der Waals surface area contributed by atoms with Crippen molar-refractivity contribution in [2.45, 2.75) is 25.9 Å². The molecule has 0 amide bonds. The quantitative estimate of drug-likeness (QED) is 0.656. The van der Waals surface area contributed by atoms with Crippen molar-refractivity contribution in [1.29, 1.82) is 0 Å². The molecule has 1 fully saturated rings. The van der Waals surface area contributed by atoms with Crippen LogP contribution in [0.2, 0.25) is 0 Å². The summed E-state index contributed by atoms with van der Waals surface area (Å²) in [6, 6.07) is 9.24. The van der Waals surface area contributed by atoms with E-state index < -0.39 is 11.5 Å². The molecule has 1 unspecified atom stereocenters. The van der Waals surface area contributed by atoms with Crippen molar-refractivity contribution >= 4 is 5.97 Å². The van der Waals surface area contributed by atoms with Gasteiger partial charge in [0.1, 0.15) is 5.41 Å². The molecule has 1 aliphatic rings. The number of hydrogen-bond donors (Lipinski definition) is 1. The average Bonchev–Trinajstić information content (AvgIpc) is 2.35. The monoisotopic (exact) mass is 246 g/mol. The van der Waals surface area contributed by atoms with Gasteiger partial charge < -0.3 is 9.84 Å². The lowest BCUT2D eigenvalue weighted by Crippen LogP contribution is -2.45. The van der Waals surface area contributed by atoms with Gasteiger partial charge in [-0.3, -0.25) is 4.79 Å². The molecule has 1 saturated carbocycles. The zero-order valence-electron chi connectivity index (χ0n) is 10.6.